The first-order valence-corrected chi connectivity index (χ1v) is 8.11. The third-order valence-corrected chi connectivity index (χ3v) is 3.69. The highest BCUT2D eigenvalue weighted by Crippen LogP contribution is 2.19. The number of anilines is 2. The van der Waals surface area contributed by atoms with Gasteiger partial charge in [0.25, 0.3) is 11.8 Å². The fraction of sp³-hybridized carbons (Fsp3) is 0.167. The Kier molecular flexibility index (Phi) is 6.72. The van der Waals surface area contributed by atoms with E-state index in [4.69, 9.17) is 5.73 Å². The van der Waals surface area contributed by atoms with Crippen molar-refractivity contribution < 1.29 is 32.5 Å². The maximum atomic E-state index is 13.6. The number of halogens is 3. The average Bonchev–Trinajstić information content (AvgIpc) is 2.62. The molecule has 1 atom stereocenters. The van der Waals surface area contributed by atoms with Crippen molar-refractivity contribution in [3.8, 4) is 0 Å². The van der Waals surface area contributed by atoms with Gasteiger partial charge in [0, 0.05) is 11.3 Å². The molecular weight excluding hydrogens is 377 g/mol. The van der Waals surface area contributed by atoms with Gasteiger partial charge in [0.2, 0.25) is 5.91 Å². The molecule has 7 nitrogen and oxygen atoms in total. The Morgan fingerprint density at radius 3 is 2.04 bits per heavy atom. The molecule has 0 saturated carbocycles. The van der Waals surface area contributed by atoms with Gasteiger partial charge in [-0.3, -0.25) is 14.4 Å². The monoisotopic (exact) mass is 395 g/mol. The van der Waals surface area contributed by atoms with Crippen LogP contribution in [0.4, 0.5) is 24.5 Å². The van der Waals surface area contributed by atoms with E-state index in [1.54, 1.807) is 7.05 Å². The molecule has 0 aromatic heterocycles. The number of nitrogens with one attached hydrogen (secondary N) is 3. The minimum atomic E-state index is -1.68. The molecule has 10 heteroatoms. The summed E-state index contributed by atoms with van der Waals surface area (Å²) in [7, 11) is 1.55. The molecule has 3 amide bonds. The Hall–Kier alpha value is -3.40. The van der Waals surface area contributed by atoms with Crippen LogP contribution < -0.4 is 21.3 Å². The van der Waals surface area contributed by atoms with Crippen molar-refractivity contribution in [2.45, 2.75) is 0 Å². The zero-order valence-electron chi connectivity index (χ0n) is 14.8. The van der Waals surface area contributed by atoms with Crippen molar-refractivity contribution in [3.63, 3.8) is 0 Å². The second-order valence-corrected chi connectivity index (χ2v) is 6.07. The van der Waals surface area contributed by atoms with Crippen LogP contribution in [0.15, 0.2) is 36.4 Å². The van der Waals surface area contributed by atoms with Crippen LogP contribution >= 0.6 is 0 Å². The summed E-state index contributed by atoms with van der Waals surface area (Å²) in [5.74, 6) is -6.22. The molecule has 2 aromatic rings. The largest absolute Gasteiger partial charge is 0.366 e. The van der Waals surface area contributed by atoms with Gasteiger partial charge in [-0.2, -0.15) is 0 Å². The molecular formula is C18H18F3N4O3+. The van der Waals surface area contributed by atoms with Crippen molar-refractivity contribution in [1.82, 2.24) is 0 Å². The molecule has 1 unspecified atom stereocenters. The minimum absolute atomic E-state index is 0.0920. The number of carbonyl (C=O) groups excluding carboxylic acids is 3. The van der Waals surface area contributed by atoms with Crippen LogP contribution in [0.25, 0.3) is 0 Å². The lowest BCUT2D eigenvalue weighted by molar-refractivity contribution is -0.862. The third kappa shape index (κ3) is 5.55. The van der Waals surface area contributed by atoms with Gasteiger partial charge in [-0.25, -0.2) is 13.2 Å². The molecule has 0 radical (unpaired) electrons. The zero-order valence-corrected chi connectivity index (χ0v) is 14.8. The van der Waals surface area contributed by atoms with E-state index in [0.717, 1.165) is 6.07 Å². The van der Waals surface area contributed by atoms with E-state index in [0.29, 0.717) is 22.2 Å². The summed E-state index contributed by atoms with van der Waals surface area (Å²) in [6.45, 7) is -0.308. The molecule has 0 bridgehead atoms. The summed E-state index contributed by atoms with van der Waals surface area (Å²) in [6, 6.07) is 7.53. The van der Waals surface area contributed by atoms with Gasteiger partial charge >= 0.3 is 0 Å². The summed E-state index contributed by atoms with van der Waals surface area (Å²) >= 11 is 0. The molecule has 2 rings (SSSR count). The van der Waals surface area contributed by atoms with Crippen LogP contribution in [0, 0.1) is 17.5 Å². The zero-order chi connectivity index (χ0) is 20.8. The molecule has 0 fully saturated rings. The summed E-state index contributed by atoms with van der Waals surface area (Å²) in [5, 5.41) is 4.72. The van der Waals surface area contributed by atoms with Crippen LogP contribution in [0.5, 0.6) is 0 Å². The fourth-order valence-electron chi connectivity index (χ4n) is 2.35. The highest BCUT2D eigenvalue weighted by atomic mass is 19.2. The van der Waals surface area contributed by atoms with Crippen molar-refractivity contribution in [1.29, 1.82) is 0 Å². The highest BCUT2D eigenvalue weighted by Gasteiger charge is 2.18. The van der Waals surface area contributed by atoms with Crippen molar-refractivity contribution in [3.05, 3.63) is 59.4 Å². The third-order valence-electron chi connectivity index (χ3n) is 3.69. The van der Waals surface area contributed by atoms with Gasteiger partial charge in [0.05, 0.1) is 12.7 Å². The standard InChI is InChI=1S/C18H17F3N4O3/c1-25(8-14(26)23-11-4-2-10(3-5-11)18(22)28)9-15(27)24-13-7-6-12(19)16(20)17(13)21/h2-7H,8-9H2,1H3,(H2,22,28)(H,23,26)(H,24,27)/p+1. The predicted octanol–water partition coefficient (Wildman–Crippen LogP) is 0.295. The van der Waals surface area contributed by atoms with Gasteiger partial charge in [-0.05, 0) is 36.4 Å². The molecule has 0 aliphatic carbocycles. The van der Waals surface area contributed by atoms with E-state index in [9.17, 15) is 27.6 Å². The summed E-state index contributed by atoms with van der Waals surface area (Å²) in [6.07, 6.45) is 0. The number of hydrogen-bond donors (Lipinski definition) is 4. The lowest BCUT2D eigenvalue weighted by Crippen LogP contribution is -3.11. The number of amides is 3. The molecule has 0 spiro atoms. The van der Waals surface area contributed by atoms with E-state index in [1.165, 1.54) is 24.3 Å². The number of benzene rings is 2. The second kappa shape index (κ2) is 9.00. The summed E-state index contributed by atoms with van der Waals surface area (Å²) < 4.78 is 39.6. The first-order chi connectivity index (χ1) is 13.2. The van der Waals surface area contributed by atoms with Gasteiger partial charge in [0.15, 0.2) is 30.5 Å². The first-order valence-electron chi connectivity index (χ1n) is 8.11. The normalized spacial score (nSPS) is 11.6. The van der Waals surface area contributed by atoms with E-state index >= 15 is 0 Å². The molecule has 0 saturated heterocycles. The number of carbonyl (C=O) groups is 3. The Bertz CT molecular complexity index is 904. The number of hydrogen-bond acceptors (Lipinski definition) is 3. The molecule has 148 valence electrons. The number of quaternary nitrogens is 1. The van der Waals surface area contributed by atoms with Crippen LogP contribution in [0.1, 0.15) is 10.4 Å². The lowest BCUT2D eigenvalue weighted by Gasteiger charge is -2.14. The second-order valence-electron chi connectivity index (χ2n) is 6.07. The maximum absolute atomic E-state index is 13.6. The van der Waals surface area contributed by atoms with E-state index < -0.39 is 40.9 Å². The van der Waals surface area contributed by atoms with Gasteiger partial charge < -0.3 is 21.3 Å². The Morgan fingerprint density at radius 1 is 0.893 bits per heavy atom. The Balaban J connectivity index is 1.86. The average molecular weight is 395 g/mol. The van der Waals surface area contributed by atoms with Gasteiger partial charge in [-0.15, -0.1) is 0 Å². The molecule has 5 N–H and O–H groups in total. The molecule has 28 heavy (non-hydrogen) atoms. The molecule has 0 aliphatic rings. The molecule has 0 heterocycles. The van der Waals surface area contributed by atoms with Crippen molar-refractivity contribution >= 4 is 29.1 Å². The van der Waals surface area contributed by atoms with E-state index in [2.05, 4.69) is 10.6 Å². The van der Waals surface area contributed by atoms with Crippen LogP contribution in [-0.4, -0.2) is 37.9 Å². The summed E-state index contributed by atoms with van der Waals surface area (Å²) in [4.78, 5) is 35.4. The van der Waals surface area contributed by atoms with Crippen molar-refractivity contribution in [2.24, 2.45) is 5.73 Å². The maximum Gasteiger partial charge on any atom is 0.279 e. The number of rotatable bonds is 7. The number of likely N-dealkylation sites (N-methyl/N-ethyl adjacent to an activating group) is 1. The quantitative estimate of drug-likeness (QED) is 0.507. The fourth-order valence-corrected chi connectivity index (χ4v) is 2.35. The SMILES string of the molecule is C[NH+](CC(=O)Nc1ccc(C(N)=O)cc1)CC(=O)Nc1ccc(F)c(F)c1F. The molecule has 0 aliphatic heterocycles. The first kappa shape index (κ1) is 20.9. The van der Waals surface area contributed by atoms with E-state index in [-0.39, 0.29) is 13.1 Å². The van der Waals surface area contributed by atoms with Gasteiger partial charge in [-0.1, -0.05) is 0 Å². The lowest BCUT2D eigenvalue weighted by atomic mass is 10.2. The minimum Gasteiger partial charge on any atom is -0.366 e. The van der Waals surface area contributed by atoms with Crippen LogP contribution in [-0.2, 0) is 9.59 Å². The number of primary amides is 1. The molecule has 2 aromatic carbocycles. The highest BCUT2D eigenvalue weighted by molar-refractivity contribution is 5.95. The smallest absolute Gasteiger partial charge is 0.279 e. The van der Waals surface area contributed by atoms with E-state index in [1.807, 2.05) is 0 Å². The topological polar surface area (TPSA) is 106 Å². The Labute approximate surface area is 158 Å². The predicted molar refractivity (Wildman–Crippen MR) is 95.2 cm³/mol. The summed E-state index contributed by atoms with van der Waals surface area (Å²) in [5.41, 5.74) is 5.37. The van der Waals surface area contributed by atoms with Crippen LogP contribution in [0.2, 0.25) is 0 Å². The van der Waals surface area contributed by atoms with Gasteiger partial charge in [0.1, 0.15) is 0 Å². The van der Waals surface area contributed by atoms with Crippen LogP contribution in [0.3, 0.4) is 0 Å². The number of nitrogens with two attached hydrogens (primary N) is 1. The van der Waals surface area contributed by atoms with Crippen molar-refractivity contribution in [2.75, 3.05) is 30.8 Å². The Morgan fingerprint density at radius 2 is 1.46 bits per heavy atom.